The van der Waals surface area contributed by atoms with Crippen molar-refractivity contribution in [3.8, 4) is 34.1 Å². The molecule has 2 fully saturated rings. The quantitative estimate of drug-likeness (QED) is 0.384. The summed E-state index contributed by atoms with van der Waals surface area (Å²) in [5.74, 6) is -0.768. The zero-order chi connectivity index (χ0) is 26.2. The Morgan fingerprint density at radius 1 is 0.974 bits per heavy atom. The molecule has 2 saturated heterocycles. The zero-order valence-electron chi connectivity index (χ0n) is 20.7. The summed E-state index contributed by atoms with van der Waals surface area (Å²) in [6.07, 6.45) is 3.20. The van der Waals surface area contributed by atoms with E-state index in [2.05, 4.69) is 16.0 Å². The fourth-order valence-corrected chi connectivity index (χ4v) is 5.16. The highest BCUT2D eigenvalue weighted by atomic mass is 19.1. The van der Waals surface area contributed by atoms with Gasteiger partial charge in [-0.15, -0.1) is 0 Å². The van der Waals surface area contributed by atoms with Crippen LogP contribution in [0.1, 0.15) is 18.4 Å². The minimum absolute atomic E-state index is 0.104. The van der Waals surface area contributed by atoms with E-state index in [1.54, 1.807) is 12.3 Å². The number of anilines is 1. The van der Waals surface area contributed by atoms with Crippen LogP contribution in [0.2, 0.25) is 0 Å². The van der Waals surface area contributed by atoms with E-state index in [4.69, 9.17) is 15.2 Å². The highest BCUT2D eigenvalue weighted by Crippen LogP contribution is 2.41. The summed E-state index contributed by atoms with van der Waals surface area (Å²) in [4.78, 5) is 6.88. The predicted octanol–water partition coefficient (Wildman–Crippen LogP) is 5.42. The van der Waals surface area contributed by atoms with Crippen molar-refractivity contribution in [2.75, 3.05) is 31.2 Å². The van der Waals surface area contributed by atoms with Crippen molar-refractivity contribution in [2.24, 2.45) is 5.73 Å². The molecule has 6 rings (SSSR count). The number of nitriles is 1. The van der Waals surface area contributed by atoms with Gasteiger partial charge in [0, 0.05) is 47.9 Å². The standard InChI is InChI=1S/C30H26F2N4O2/c31-21-10-20(11-22(32)13-21)27-15-35-28-5-4-18(12-26(28)29(27)36-8-6-23(34)7-9-36)25-3-1-2-19(14-33)30(25)38-24-16-37-17-24/h1-5,10-13,15,23-24H,6-9,16-17,34H2. The van der Waals surface area contributed by atoms with Gasteiger partial charge in [-0.3, -0.25) is 4.98 Å². The lowest BCUT2D eigenvalue weighted by Gasteiger charge is -2.34. The van der Waals surface area contributed by atoms with Crippen LogP contribution in [0.15, 0.2) is 60.8 Å². The fraction of sp³-hybridized carbons (Fsp3) is 0.267. The number of hydrogen-bond acceptors (Lipinski definition) is 6. The maximum atomic E-state index is 14.3. The normalized spacial score (nSPS) is 16.3. The van der Waals surface area contributed by atoms with Crippen LogP contribution in [0.3, 0.4) is 0 Å². The molecule has 1 aromatic heterocycles. The lowest BCUT2D eigenvalue weighted by molar-refractivity contribution is -0.0795. The first-order valence-electron chi connectivity index (χ1n) is 12.7. The Balaban J connectivity index is 1.55. The van der Waals surface area contributed by atoms with Gasteiger partial charge in [-0.1, -0.05) is 18.2 Å². The second-order valence-electron chi connectivity index (χ2n) is 9.81. The van der Waals surface area contributed by atoms with Gasteiger partial charge in [0.2, 0.25) is 0 Å². The number of nitrogens with zero attached hydrogens (tertiary/aromatic N) is 3. The summed E-state index contributed by atoms with van der Waals surface area (Å²) in [6, 6.07) is 17.3. The van der Waals surface area contributed by atoms with Gasteiger partial charge in [-0.25, -0.2) is 8.78 Å². The number of hydrogen-bond donors (Lipinski definition) is 1. The maximum absolute atomic E-state index is 14.3. The van der Waals surface area contributed by atoms with Gasteiger partial charge in [-0.05, 0) is 54.3 Å². The summed E-state index contributed by atoms with van der Waals surface area (Å²) < 4.78 is 39.9. The highest BCUT2D eigenvalue weighted by Gasteiger charge is 2.25. The molecule has 2 aliphatic heterocycles. The molecule has 0 radical (unpaired) electrons. The van der Waals surface area contributed by atoms with Gasteiger partial charge in [0.15, 0.2) is 0 Å². The molecule has 3 aromatic carbocycles. The molecule has 3 heterocycles. The van der Waals surface area contributed by atoms with Crippen molar-refractivity contribution in [2.45, 2.75) is 25.0 Å². The van der Waals surface area contributed by atoms with Crippen molar-refractivity contribution in [3.63, 3.8) is 0 Å². The molecule has 0 saturated carbocycles. The first kappa shape index (κ1) is 24.3. The van der Waals surface area contributed by atoms with Crippen molar-refractivity contribution < 1.29 is 18.3 Å². The molecule has 6 nitrogen and oxygen atoms in total. The molecule has 0 unspecified atom stereocenters. The average Bonchev–Trinajstić information content (AvgIpc) is 2.89. The van der Waals surface area contributed by atoms with Crippen LogP contribution in [0.25, 0.3) is 33.2 Å². The molecule has 0 bridgehead atoms. The molecule has 192 valence electrons. The molecule has 2 N–H and O–H groups in total. The van der Waals surface area contributed by atoms with E-state index in [-0.39, 0.29) is 12.1 Å². The summed E-state index contributed by atoms with van der Waals surface area (Å²) in [6.45, 7) is 2.40. The lowest BCUT2D eigenvalue weighted by atomic mass is 9.95. The molecule has 0 amide bonds. The number of pyridine rings is 1. The minimum Gasteiger partial charge on any atom is -0.484 e. The van der Waals surface area contributed by atoms with Crippen LogP contribution < -0.4 is 15.4 Å². The van der Waals surface area contributed by atoms with E-state index in [1.165, 1.54) is 12.1 Å². The van der Waals surface area contributed by atoms with Crippen LogP contribution >= 0.6 is 0 Å². The van der Waals surface area contributed by atoms with Crippen molar-refractivity contribution in [1.29, 1.82) is 5.26 Å². The number of para-hydroxylation sites is 1. The molecule has 0 aliphatic carbocycles. The third kappa shape index (κ3) is 4.55. The smallest absolute Gasteiger partial charge is 0.145 e. The third-order valence-electron chi connectivity index (χ3n) is 7.21. The Morgan fingerprint density at radius 3 is 2.42 bits per heavy atom. The summed E-state index contributed by atoms with van der Waals surface area (Å²) in [5.41, 5.74) is 11.0. The Morgan fingerprint density at radius 2 is 1.74 bits per heavy atom. The Hall–Kier alpha value is -4.06. The molecule has 4 aromatic rings. The van der Waals surface area contributed by atoms with E-state index in [1.807, 2.05) is 30.3 Å². The molecule has 38 heavy (non-hydrogen) atoms. The van der Waals surface area contributed by atoms with Crippen molar-refractivity contribution in [1.82, 2.24) is 4.98 Å². The number of piperidine rings is 1. The first-order chi connectivity index (χ1) is 18.5. The summed E-state index contributed by atoms with van der Waals surface area (Å²) >= 11 is 0. The van der Waals surface area contributed by atoms with E-state index in [0.29, 0.717) is 35.7 Å². The largest absolute Gasteiger partial charge is 0.484 e. The molecule has 8 heteroatoms. The number of rotatable bonds is 5. The van der Waals surface area contributed by atoms with Gasteiger partial charge in [-0.2, -0.15) is 5.26 Å². The Bertz CT molecular complexity index is 1540. The SMILES string of the molecule is N#Cc1cccc(-c2ccc3ncc(-c4cc(F)cc(F)c4)c(N4CCC(N)CC4)c3c2)c1OC1COC1. The Kier molecular flexibility index (Phi) is 6.40. The van der Waals surface area contributed by atoms with E-state index < -0.39 is 11.6 Å². The number of nitrogens with two attached hydrogens (primary N) is 1. The minimum atomic E-state index is -0.643. The van der Waals surface area contributed by atoms with Crippen LogP contribution in [0.5, 0.6) is 5.75 Å². The molecule has 0 spiro atoms. The zero-order valence-corrected chi connectivity index (χ0v) is 20.7. The van der Waals surface area contributed by atoms with Crippen LogP contribution in [0, 0.1) is 23.0 Å². The molecular weight excluding hydrogens is 486 g/mol. The monoisotopic (exact) mass is 512 g/mol. The lowest BCUT2D eigenvalue weighted by Crippen LogP contribution is -2.40. The van der Waals surface area contributed by atoms with Gasteiger partial charge < -0.3 is 20.1 Å². The number of fused-ring (bicyclic) bond motifs is 1. The molecule has 0 atom stereocenters. The number of ether oxygens (including phenoxy) is 2. The van der Waals surface area contributed by atoms with Crippen LogP contribution in [-0.2, 0) is 4.74 Å². The topological polar surface area (TPSA) is 84.4 Å². The van der Waals surface area contributed by atoms with Gasteiger partial charge in [0.05, 0.1) is 30.0 Å². The third-order valence-corrected chi connectivity index (χ3v) is 7.21. The molecular formula is C30H26F2N4O2. The number of halogens is 2. The summed E-state index contributed by atoms with van der Waals surface area (Å²) in [5, 5.41) is 10.6. The van der Waals surface area contributed by atoms with E-state index in [0.717, 1.165) is 59.7 Å². The second-order valence-corrected chi connectivity index (χ2v) is 9.81. The van der Waals surface area contributed by atoms with Crippen LogP contribution in [0.4, 0.5) is 14.5 Å². The van der Waals surface area contributed by atoms with Crippen molar-refractivity contribution in [3.05, 3.63) is 78.0 Å². The predicted molar refractivity (Wildman–Crippen MR) is 142 cm³/mol. The van der Waals surface area contributed by atoms with Gasteiger partial charge in [0.1, 0.15) is 29.6 Å². The molecule has 2 aliphatic rings. The van der Waals surface area contributed by atoms with Crippen molar-refractivity contribution >= 4 is 16.6 Å². The summed E-state index contributed by atoms with van der Waals surface area (Å²) in [7, 11) is 0. The Labute approximate surface area is 219 Å². The maximum Gasteiger partial charge on any atom is 0.145 e. The fourth-order valence-electron chi connectivity index (χ4n) is 5.16. The van der Waals surface area contributed by atoms with Gasteiger partial charge >= 0.3 is 0 Å². The van der Waals surface area contributed by atoms with Crippen LogP contribution in [-0.4, -0.2) is 43.4 Å². The average molecular weight is 513 g/mol. The number of aromatic nitrogens is 1. The van der Waals surface area contributed by atoms with Gasteiger partial charge in [0.25, 0.3) is 0 Å². The first-order valence-corrected chi connectivity index (χ1v) is 12.7. The van der Waals surface area contributed by atoms with E-state index in [9.17, 15) is 14.0 Å². The second kappa shape index (κ2) is 10.0. The number of benzene rings is 3. The highest BCUT2D eigenvalue weighted by molar-refractivity contribution is 6.02. The van der Waals surface area contributed by atoms with E-state index >= 15 is 0 Å².